The maximum absolute atomic E-state index is 6.58. The molecule has 2 heterocycles. The van der Waals surface area contributed by atoms with E-state index in [1.807, 2.05) is 6.07 Å². The van der Waals surface area contributed by atoms with Crippen LogP contribution in [0.3, 0.4) is 0 Å². The van der Waals surface area contributed by atoms with E-state index in [4.69, 9.17) is 14.3 Å². The van der Waals surface area contributed by atoms with Crippen LogP contribution in [-0.4, -0.2) is 34.6 Å². The summed E-state index contributed by atoms with van der Waals surface area (Å²) in [6.07, 6.45) is 3.17. The van der Waals surface area contributed by atoms with E-state index in [0.717, 1.165) is 19.3 Å². The van der Waals surface area contributed by atoms with Crippen molar-refractivity contribution in [3.05, 3.63) is 35.9 Å². The molecular weight excluding hydrogens is 338 g/mol. The van der Waals surface area contributed by atoms with Crippen LogP contribution in [0.5, 0.6) is 0 Å². The number of benzene rings is 1. The highest BCUT2D eigenvalue weighted by atomic mass is 16.8. The fraction of sp³-hybridized carbons (Fsp3) is 0.739. The molecule has 2 aliphatic heterocycles. The summed E-state index contributed by atoms with van der Waals surface area (Å²) in [5.74, 6) is -0.342. The molecule has 4 nitrogen and oxygen atoms in total. The first kappa shape index (κ1) is 20.8. The van der Waals surface area contributed by atoms with Crippen molar-refractivity contribution < 1.29 is 14.3 Å². The van der Waals surface area contributed by atoms with Gasteiger partial charge in [0.2, 0.25) is 0 Å². The fourth-order valence-corrected chi connectivity index (χ4v) is 4.91. The Labute approximate surface area is 165 Å². The summed E-state index contributed by atoms with van der Waals surface area (Å²) in [6.45, 7) is 16.2. The van der Waals surface area contributed by atoms with Crippen molar-refractivity contribution in [2.75, 3.05) is 6.61 Å². The molecule has 1 spiro atoms. The average Bonchev–Trinajstić information content (AvgIpc) is 3.01. The van der Waals surface area contributed by atoms with E-state index in [2.05, 4.69) is 77.8 Å². The number of rotatable bonds is 5. The van der Waals surface area contributed by atoms with Crippen LogP contribution in [0.15, 0.2) is 30.3 Å². The summed E-state index contributed by atoms with van der Waals surface area (Å²) in [5, 5.41) is 2.20. The smallest absolute Gasteiger partial charge is 0.175 e. The highest BCUT2D eigenvalue weighted by Gasteiger charge is 2.62. The molecule has 2 aliphatic rings. The quantitative estimate of drug-likeness (QED) is 0.681. The SMILES string of the molecule is CCCC1COC2(CC(C)(C)N(OC(C)c3ccccc3)C(C)(C)C2C)O1. The molecule has 4 atom stereocenters. The van der Waals surface area contributed by atoms with E-state index in [-0.39, 0.29) is 29.2 Å². The van der Waals surface area contributed by atoms with Gasteiger partial charge in [-0.05, 0) is 46.6 Å². The maximum Gasteiger partial charge on any atom is 0.175 e. The monoisotopic (exact) mass is 375 g/mol. The van der Waals surface area contributed by atoms with Crippen molar-refractivity contribution in [3.8, 4) is 0 Å². The molecule has 0 aliphatic carbocycles. The van der Waals surface area contributed by atoms with Gasteiger partial charge in [-0.15, -0.1) is 0 Å². The van der Waals surface area contributed by atoms with Crippen LogP contribution in [0.2, 0.25) is 0 Å². The van der Waals surface area contributed by atoms with Gasteiger partial charge in [0.15, 0.2) is 5.79 Å². The van der Waals surface area contributed by atoms with Gasteiger partial charge < -0.3 is 9.47 Å². The van der Waals surface area contributed by atoms with Crippen LogP contribution in [0.1, 0.15) is 79.4 Å². The second-order valence-corrected chi connectivity index (χ2v) is 9.47. The largest absolute Gasteiger partial charge is 0.347 e. The van der Waals surface area contributed by atoms with Crippen LogP contribution in [-0.2, 0) is 14.3 Å². The van der Waals surface area contributed by atoms with Crippen molar-refractivity contribution in [2.24, 2.45) is 5.92 Å². The summed E-state index contributed by atoms with van der Waals surface area (Å²) in [5.41, 5.74) is 0.750. The van der Waals surface area contributed by atoms with Crippen molar-refractivity contribution in [1.29, 1.82) is 0 Å². The molecule has 0 bridgehead atoms. The Bertz CT molecular complexity index is 630. The van der Waals surface area contributed by atoms with Gasteiger partial charge in [-0.25, -0.2) is 0 Å². The molecular formula is C23H37NO3. The highest BCUT2D eigenvalue weighted by Crippen LogP contribution is 2.52. The molecule has 152 valence electrons. The first-order valence-corrected chi connectivity index (χ1v) is 10.5. The lowest BCUT2D eigenvalue weighted by atomic mass is 9.70. The Morgan fingerprint density at radius 3 is 2.48 bits per heavy atom. The second-order valence-electron chi connectivity index (χ2n) is 9.47. The van der Waals surface area contributed by atoms with E-state index in [1.165, 1.54) is 5.56 Å². The first-order chi connectivity index (χ1) is 12.6. The van der Waals surface area contributed by atoms with Gasteiger partial charge >= 0.3 is 0 Å². The molecule has 0 radical (unpaired) electrons. The lowest BCUT2D eigenvalue weighted by Crippen LogP contribution is -2.70. The Morgan fingerprint density at radius 1 is 1.19 bits per heavy atom. The van der Waals surface area contributed by atoms with Crippen molar-refractivity contribution in [3.63, 3.8) is 0 Å². The Morgan fingerprint density at radius 2 is 1.85 bits per heavy atom. The molecule has 2 saturated heterocycles. The number of nitrogens with zero attached hydrogens (tertiary/aromatic N) is 1. The van der Waals surface area contributed by atoms with Crippen LogP contribution < -0.4 is 0 Å². The normalized spacial score (nSPS) is 34.0. The van der Waals surface area contributed by atoms with Crippen LogP contribution in [0.4, 0.5) is 0 Å². The Kier molecular flexibility index (Phi) is 5.75. The second kappa shape index (κ2) is 7.47. The molecule has 0 saturated carbocycles. The molecule has 1 aromatic carbocycles. The van der Waals surface area contributed by atoms with E-state index < -0.39 is 5.79 Å². The van der Waals surface area contributed by atoms with E-state index in [9.17, 15) is 0 Å². The van der Waals surface area contributed by atoms with E-state index in [0.29, 0.717) is 6.61 Å². The van der Waals surface area contributed by atoms with Gasteiger partial charge in [-0.2, -0.15) is 5.06 Å². The van der Waals surface area contributed by atoms with Gasteiger partial charge in [-0.1, -0.05) is 50.6 Å². The number of hydrogen-bond acceptors (Lipinski definition) is 4. The summed E-state index contributed by atoms with van der Waals surface area (Å²) in [6, 6.07) is 10.4. The summed E-state index contributed by atoms with van der Waals surface area (Å²) in [4.78, 5) is 6.58. The third-order valence-electron chi connectivity index (χ3n) is 6.49. The average molecular weight is 376 g/mol. The molecule has 27 heavy (non-hydrogen) atoms. The first-order valence-electron chi connectivity index (χ1n) is 10.5. The fourth-order valence-electron chi connectivity index (χ4n) is 4.91. The topological polar surface area (TPSA) is 30.9 Å². The molecule has 1 aromatic rings. The van der Waals surface area contributed by atoms with Crippen LogP contribution >= 0.6 is 0 Å². The molecule has 4 unspecified atom stereocenters. The minimum absolute atomic E-state index is 0.00995. The lowest BCUT2D eigenvalue weighted by Gasteiger charge is -2.60. The van der Waals surface area contributed by atoms with Gasteiger partial charge in [-0.3, -0.25) is 4.84 Å². The predicted octanol–water partition coefficient (Wildman–Crippen LogP) is 5.49. The van der Waals surface area contributed by atoms with Crippen LogP contribution in [0, 0.1) is 5.92 Å². The standard InChI is InChI=1S/C23H37NO3/c1-8-12-20-15-25-23(26-20)16-21(4,5)24(22(6,7)18(23)3)27-17(2)19-13-10-9-11-14-19/h9-11,13-14,17-18,20H,8,12,15-16H2,1-7H3. The number of hydrogen-bond donors (Lipinski definition) is 0. The molecule has 0 N–H and O–H groups in total. The van der Waals surface area contributed by atoms with E-state index in [1.54, 1.807) is 0 Å². The van der Waals surface area contributed by atoms with Gasteiger partial charge in [0, 0.05) is 23.4 Å². The van der Waals surface area contributed by atoms with E-state index >= 15 is 0 Å². The van der Waals surface area contributed by atoms with Gasteiger partial charge in [0.25, 0.3) is 0 Å². The zero-order chi connectivity index (χ0) is 19.9. The number of hydroxylamine groups is 2. The van der Waals surface area contributed by atoms with Crippen LogP contribution in [0.25, 0.3) is 0 Å². The minimum Gasteiger partial charge on any atom is -0.347 e. The summed E-state index contributed by atoms with van der Waals surface area (Å²) < 4.78 is 12.9. The third kappa shape index (κ3) is 3.82. The van der Waals surface area contributed by atoms with Crippen molar-refractivity contribution in [2.45, 2.75) is 96.8 Å². The molecule has 3 rings (SSSR count). The molecule has 0 aromatic heterocycles. The van der Waals surface area contributed by atoms with Gasteiger partial charge in [0.1, 0.15) is 6.10 Å². The maximum atomic E-state index is 6.58. The van der Waals surface area contributed by atoms with Gasteiger partial charge in [0.05, 0.1) is 12.7 Å². The Hall–Kier alpha value is -0.940. The van der Waals surface area contributed by atoms with Crippen molar-refractivity contribution >= 4 is 0 Å². The highest BCUT2D eigenvalue weighted by molar-refractivity contribution is 5.17. The number of piperidine rings is 1. The molecule has 4 heteroatoms. The third-order valence-corrected chi connectivity index (χ3v) is 6.49. The predicted molar refractivity (Wildman–Crippen MR) is 108 cm³/mol. The molecule has 0 amide bonds. The van der Waals surface area contributed by atoms with Crippen molar-refractivity contribution in [1.82, 2.24) is 5.06 Å². The zero-order valence-electron chi connectivity index (χ0n) is 18.1. The summed E-state index contributed by atoms with van der Waals surface area (Å²) >= 11 is 0. The molecule has 2 fully saturated rings. The Balaban J connectivity index is 1.83. The lowest BCUT2D eigenvalue weighted by molar-refractivity contribution is -0.372. The minimum atomic E-state index is -0.525. The summed E-state index contributed by atoms with van der Waals surface area (Å²) in [7, 11) is 0. The number of ether oxygens (including phenoxy) is 2. The zero-order valence-corrected chi connectivity index (χ0v) is 18.1.